The number of hydrogen-bond acceptors (Lipinski definition) is 9. The van der Waals surface area contributed by atoms with E-state index in [-0.39, 0.29) is 22.3 Å². The van der Waals surface area contributed by atoms with Crippen molar-refractivity contribution in [2.24, 2.45) is 17.3 Å². The fraction of sp³-hybridized carbons (Fsp3) is 0.585. The normalized spacial score (nSPS) is 28.9. The maximum absolute atomic E-state index is 13.6. The van der Waals surface area contributed by atoms with Crippen LogP contribution >= 0.6 is 11.6 Å². The van der Waals surface area contributed by atoms with Crippen LogP contribution in [0, 0.1) is 17.3 Å². The predicted octanol–water partition coefficient (Wildman–Crippen LogP) is 6.51. The van der Waals surface area contributed by atoms with Crippen LogP contribution in [-0.4, -0.2) is 92.6 Å². The van der Waals surface area contributed by atoms with Gasteiger partial charge in [-0.05, 0) is 98.2 Å². The number of sulfonamides is 1. The number of nitrogens with one attached hydrogen (secondary N) is 1. The molecular weight excluding hydrogens is 716 g/mol. The molecule has 1 fully saturated rings. The van der Waals surface area contributed by atoms with E-state index < -0.39 is 21.2 Å². The van der Waals surface area contributed by atoms with Gasteiger partial charge in [0.15, 0.2) is 0 Å². The fourth-order valence-electron chi connectivity index (χ4n) is 8.56. The molecule has 1 unspecified atom stereocenters. The third kappa shape index (κ3) is 9.14. The highest BCUT2D eigenvalue weighted by atomic mass is 35.5. The van der Waals surface area contributed by atoms with E-state index in [1.165, 1.54) is 11.1 Å². The summed E-state index contributed by atoms with van der Waals surface area (Å²) in [7, 11) is -2.40. The SMILES string of the molecule is C=C1C/C=C/[C@H](COCCOCCOCCOC)[C@@H]2CCC2(C)CN2C[C@@]3(CCCc4cc(Cl)ccc43)COc3ccc(cc32)C(=O)NS(=O)(=O)[C@@H]1C. The third-order valence-corrected chi connectivity index (χ3v) is 13.8. The first-order valence-corrected chi connectivity index (χ1v) is 20.8. The highest BCUT2D eigenvalue weighted by Gasteiger charge is 2.49. The number of halogens is 1. The molecule has 290 valence electrons. The van der Waals surface area contributed by atoms with Crippen molar-refractivity contribution < 1.29 is 36.9 Å². The standard InChI is InChI=1S/C41H55ClN2O8S/c1-29-7-5-8-33(25-51-22-21-50-20-19-49-18-17-48-4)35-14-16-40(35,3)26-44-27-41(15-6-9-31-23-34(42)11-12-36(31)41)28-52-38-13-10-32(24-37(38)44)39(45)43-53(46,47)30(29)2/h5,8,10-13,23-24,30,33,35H,1,6-7,9,14-22,25-28H2,2-4H3,(H,43,45)/b8-5+/t30-,33-,35+,40?,41+/m1/s1. The van der Waals surface area contributed by atoms with Gasteiger partial charge in [0.1, 0.15) is 5.75 Å². The van der Waals surface area contributed by atoms with Gasteiger partial charge < -0.3 is 28.6 Å². The Bertz CT molecular complexity index is 1770. The smallest absolute Gasteiger partial charge is 0.264 e. The molecule has 0 saturated heterocycles. The Kier molecular flexibility index (Phi) is 12.9. The van der Waals surface area contributed by atoms with Crippen LogP contribution in [0.3, 0.4) is 0 Å². The number of aryl methyl sites for hydroxylation is 1. The first-order chi connectivity index (χ1) is 25.4. The van der Waals surface area contributed by atoms with E-state index in [4.69, 9.17) is 35.3 Å². The Labute approximate surface area is 320 Å². The number of anilines is 1. The lowest BCUT2D eigenvalue weighted by Gasteiger charge is -2.53. The molecule has 1 amide bonds. The van der Waals surface area contributed by atoms with Gasteiger partial charge in [-0.25, -0.2) is 13.1 Å². The van der Waals surface area contributed by atoms with Crippen molar-refractivity contribution in [2.45, 2.75) is 63.0 Å². The number of benzene rings is 2. The lowest BCUT2D eigenvalue weighted by atomic mass is 9.56. The average molecular weight is 771 g/mol. The number of hydrogen-bond donors (Lipinski definition) is 1. The highest BCUT2D eigenvalue weighted by molar-refractivity contribution is 7.90. The van der Waals surface area contributed by atoms with Gasteiger partial charge >= 0.3 is 0 Å². The quantitative estimate of drug-likeness (QED) is 0.202. The molecule has 1 spiro atoms. The van der Waals surface area contributed by atoms with Crippen LogP contribution in [0.25, 0.3) is 0 Å². The number of rotatable bonds is 11. The van der Waals surface area contributed by atoms with Crippen LogP contribution in [0.1, 0.15) is 67.4 Å². The van der Waals surface area contributed by atoms with E-state index >= 15 is 0 Å². The Morgan fingerprint density at radius 3 is 2.51 bits per heavy atom. The number of allylic oxidation sites excluding steroid dienone is 1. The van der Waals surface area contributed by atoms with E-state index in [9.17, 15) is 13.2 Å². The van der Waals surface area contributed by atoms with E-state index in [1.54, 1.807) is 26.2 Å². The van der Waals surface area contributed by atoms with Gasteiger partial charge in [-0.1, -0.05) is 48.9 Å². The summed E-state index contributed by atoms with van der Waals surface area (Å²) in [6.07, 6.45) is 9.60. The first-order valence-electron chi connectivity index (χ1n) is 18.9. The fourth-order valence-corrected chi connectivity index (χ4v) is 9.85. The van der Waals surface area contributed by atoms with Crippen LogP contribution in [0.4, 0.5) is 5.69 Å². The molecule has 5 atom stereocenters. The van der Waals surface area contributed by atoms with Gasteiger partial charge in [-0.2, -0.15) is 0 Å². The number of carbonyl (C=O) groups is 1. The predicted molar refractivity (Wildman–Crippen MR) is 208 cm³/mol. The zero-order valence-corrected chi connectivity index (χ0v) is 32.9. The van der Waals surface area contributed by atoms with E-state index in [2.05, 4.69) is 41.3 Å². The molecule has 2 aromatic rings. The summed E-state index contributed by atoms with van der Waals surface area (Å²) in [4.78, 5) is 16.0. The van der Waals surface area contributed by atoms with Crippen molar-refractivity contribution in [3.8, 4) is 5.75 Å². The first kappa shape index (κ1) is 39.8. The molecule has 0 aromatic heterocycles. The van der Waals surface area contributed by atoms with Gasteiger partial charge in [0.05, 0.1) is 63.8 Å². The van der Waals surface area contributed by atoms with Crippen molar-refractivity contribution >= 4 is 33.2 Å². The van der Waals surface area contributed by atoms with Crippen LogP contribution in [-0.2, 0) is 40.8 Å². The molecule has 2 aliphatic carbocycles. The van der Waals surface area contributed by atoms with E-state index in [0.29, 0.717) is 83.1 Å². The average Bonchev–Trinajstić information content (AvgIpc) is 3.27. The number of fused-ring (bicyclic) bond motifs is 4. The number of methoxy groups -OCH3 is 1. The molecule has 1 saturated carbocycles. The van der Waals surface area contributed by atoms with Gasteiger partial charge in [0.25, 0.3) is 5.91 Å². The molecule has 6 rings (SSSR count). The monoisotopic (exact) mass is 770 g/mol. The number of carbonyl (C=O) groups excluding carboxylic acids is 1. The molecule has 2 heterocycles. The summed E-state index contributed by atoms with van der Waals surface area (Å²) in [5.41, 5.74) is 3.74. The largest absolute Gasteiger partial charge is 0.490 e. The third-order valence-electron chi connectivity index (χ3n) is 11.8. The molecule has 4 aliphatic rings. The summed E-state index contributed by atoms with van der Waals surface area (Å²) in [5.74, 6) is 0.426. The van der Waals surface area contributed by atoms with Gasteiger partial charge in [0, 0.05) is 42.1 Å². The van der Waals surface area contributed by atoms with Gasteiger partial charge in [0.2, 0.25) is 10.0 Å². The van der Waals surface area contributed by atoms with Crippen molar-refractivity contribution in [2.75, 3.05) is 78.0 Å². The molecular formula is C41H55ClN2O8S. The Morgan fingerprint density at radius 2 is 1.77 bits per heavy atom. The second-order valence-corrected chi connectivity index (χ2v) is 17.9. The summed E-state index contributed by atoms with van der Waals surface area (Å²) < 4.78 is 58.3. The molecule has 2 aliphatic heterocycles. The maximum atomic E-state index is 13.6. The second kappa shape index (κ2) is 17.3. The minimum absolute atomic E-state index is 0.0718. The van der Waals surface area contributed by atoms with Crippen molar-refractivity contribution in [3.63, 3.8) is 0 Å². The van der Waals surface area contributed by atoms with E-state index in [0.717, 1.165) is 49.4 Å². The lowest BCUT2D eigenvalue weighted by molar-refractivity contribution is -0.0302. The van der Waals surface area contributed by atoms with E-state index in [1.807, 2.05) is 18.2 Å². The number of ether oxygens (including phenoxy) is 5. The lowest BCUT2D eigenvalue weighted by Crippen LogP contribution is -2.53. The topological polar surface area (TPSA) is 113 Å². The van der Waals surface area contributed by atoms with Gasteiger partial charge in [-0.3, -0.25) is 4.79 Å². The molecule has 2 bridgehead atoms. The zero-order valence-electron chi connectivity index (χ0n) is 31.4. The van der Waals surface area contributed by atoms with Crippen molar-refractivity contribution in [1.29, 1.82) is 0 Å². The summed E-state index contributed by atoms with van der Waals surface area (Å²) in [5, 5.41) is -0.236. The minimum atomic E-state index is -4.04. The molecule has 10 nitrogen and oxygen atoms in total. The van der Waals surface area contributed by atoms with Crippen LogP contribution in [0.15, 0.2) is 60.7 Å². The molecule has 53 heavy (non-hydrogen) atoms. The highest BCUT2D eigenvalue weighted by Crippen LogP contribution is 2.53. The van der Waals surface area contributed by atoms with Crippen LogP contribution in [0.5, 0.6) is 5.75 Å². The summed E-state index contributed by atoms with van der Waals surface area (Å²) in [6, 6.07) is 11.5. The van der Waals surface area contributed by atoms with Crippen molar-refractivity contribution in [3.05, 3.63) is 82.4 Å². The Morgan fingerprint density at radius 1 is 1.02 bits per heavy atom. The van der Waals surface area contributed by atoms with Crippen LogP contribution in [0.2, 0.25) is 5.02 Å². The Balaban J connectivity index is 1.29. The maximum Gasteiger partial charge on any atom is 0.264 e. The van der Waals surface area contributed by atoms with Gasteiger partial charge in [-0.15, -0.1) is 0 Å². The number of amides is 1. The molecule has 1 N–H and O–H groups in total. The van der Waals surface area contributed by atoms with Crippen molar-refractivity contribution in [1.82, 2.24) is 4.72 Å². The molecule has 2 aromatic carbocycles. The molecule has 12 heteroatoms. The number of nitrogens with zero attached hydrogens (tertiary/aromatic N) is 1. The van der Waals surface area contributed by atoms with Crippen LogP contribution < -0.4 is 14.4 Å². The zero-order chi connectivity index (χ0) is 37.6. The Hall–Kier alpha value is -2.93. The summed E-state index contributed by atoms with van der Waals surface area (Å²) in [6.45, 7) is 13.5. The second-order valence-electron chi connectivity index (χ2n) is 15.4. The summed E-state index contributed by atoms with van der Waals surface area (Å²) >= 11 is 6.48. The molecule has 0 radical (unpaired) electrons. The minimum Gasteiger partial charge on any atom is -0.490 e.